The van der Waals surface area contributed by atoms with Gasteiger partial charge in [-0.1, -0.05) is 11.8 Å². The highest BCUT2D eigenvalue weighted by Gasteiger charge is 2.27. The van der Waals surface area contributed by atoms with Crippen LogP contribution in [-0.2, 0) is 12.1 Å². The predicted molar refractivity (Wildman–Crippen MR) is 102 cm³/mol. The largest absolute Gasteiger partial charge is 0.491 e. The van der Waals surface area contributed by atoms with Crippen LogP contribution >= 0.6 is 0 Å². The summed E-state index contributed by atoms with van der Waals surface area (Å²) in [6, 6.07) is 2.60. The number of nitrogens with two attached hydrogens (primary N) is 1. The van der Waals surface area contributed by atoms with Gasteiger partial charge in [0.1, 0.15) is 35.4 Å². The van der Waals surface area contributed by atoms with E-state index in [0.717, 1.165) is 0 Å². The second-order valence-electron chi connectivity index (χ2n) is 7.00. The number of imidazole rings is 1. The first-order valence-electron chi connectivity index (χ1n) is 8.95. The van der Waals surface area contributed by atoms with Gasteiger partial charge in [0, 0.05) is 12.3 Å². The minimum atomic E-state index is -1.79. The van der Waals surface area contributed by atoms with Gasteiger partial charge >= 0.3 is 5.63 Å². The van der Waals surface area contributed by atoms with Gasteiger partial charge in [0.15, 0.2) is 5.60 Å². The van der Waals surface area contributed by atoms with Crippen LogP contribution in [0.5, 0.6) is 5.75 Å². The third-order valence-corrected chi connectivity index (χ3v) is 4.78. The lowest BCUT2D eigenvalue weighted by Crippen LogP contribution is -2.21. The molecule has 1 aromatic carbocycles. The van der Waals surface area contributed by atoms with E-state index in [4.69, 9.17) is 10.5 Å². The van der Waals surface area contributed by atoms with Gasteiger partial charge in [0.25, 0.3) is 5.91 Å². The molecule has 1 aliphatic heterocycles. The van der Waals surface area contributed by atoms with Crippen molar-refractivity contribution in [2.24, 2.45) is 5.73 Å². The smallest absolute Gasteiger partial charge is 0.360 e. The fraction of sp³-hybridized carbons (Fsp3) is 0.250. The van der Waals surface area contributed by atoms with E-state index in [9.17, 15) is 19.1 Å². The molecule has 0 radical (unpaired) electrons. The Bertz CT molecular complexity index is 1290. The number of amides is 1. The van der Waals surface area contributed by atoms with Crippen LogP contribution in [0.15, 0.2) is 27.6 Å². The van der Waals surface area contributed by atoms with E-state index < -0.39 is 23.0 Å². The van der Waals surface area contributed by atoms with Gasteiger partial charge in [0.05, 0.1) is 23.2 Å². The number of halogens is 1. The predicted octanol–water partition coefficient (Wildman–Crippen LogP) is 1.03. The summed E-state index contributed by atoms with van der Waals surface area (Å²) >= 11 is 0. The normalized spacial score (nSPS) is 14.4. The summed E-state index contributed by atoms with van der Waals surface area (Å²) in [5.41, 5.74) is 3.64. The number of fused-ring (bicyclic) bond motifs is 3. The quantitative estimate of drug-likeness (QED) is 0.538. The number of aliphatic hydroxyl groups is 1. The summed E-state index contributed by atoms with van der Waals surface area (Å²) < 4.78 is 26.6. The number of aromatic nitrogens is 3. The van der Waals surface area contributed by atoms with E-state index >= 15 is 0 Å². The van der Waals surface area contributed by atoms with Gasteiger partial charge in [-0.15, -0.1) is 0 Å². The number of carbonyl (C=O) groups excluding carboxylic acids is 1. The van der Waals surface area contributed by atoms with E-state index in [2.05, 4.69) is 26.5 Å². The molecule has 0 bridgehead atoms. The van der Waals surface area contributed by atoms with Gasteiger partial charge in [0.2, 0.25) is 0 Å². The molecule has 4 rings (SSSR count). The van der Waals surface area contributed by atoms with E-state index in [1.54, 1.807) is 4.57 Å². The van der Waals surface area contributed by atoms with Crippen molar-refractivity contribution in [2.75, 3.05) is 6.61 Å². The summed E-state index contributed by atoms with van der Waals surface area (Å²) in [4.78, 5) is 27.2. The van der Waals surface area contributed by atoms with Crippen molar-refractivity contribution >= 4 is 5.91 Å². The monoisotopic (exact) mass is 412 g/mol. The van der Waals surface area contributed by atoms with Crippen LogP contribution in [0.2, 0.25) is 0 Å². The van der Waals surface area contributed by atoms with E-state index in [1.165, 1.54) is 32.2 Å². The first-order valence-corrected chi connectivity index (χ1v) is 8.95. The molecular formula is C20H17FN4O5. The molecule has 1 amide bonds. The number of carbonyl (C=O) groups is 1. The van der Waals surface area contributed by atoms with Crippen LogP contribution in [0, 0.1) is 24.6 Å². The van der Waals surface area contributed by atoms with Gasteiger partial charge in [-0.2, -0.15) is 0 Å². The van der Waals surface area contributed by atoms with Crippen molar-refractivity contribution < 1.29 is 23.6 Å². The molecule has 3 heterocycles. The number of hydrogen-bond acceptors (Lipinski definition) is 6. The molecule has 1 atom stereocenters. The van der Waals surface area contributed by atoms with Gasteiger partial charge in [-0.3, -0.25) is 4.79 Å². The SMILES string of the molecule is Cc1c(C(C)(O)C#Cc2cc3c(cc2F)OCCn2cc(C(N)=O)nc2-3)[nH]oc1=O. The number of nitrogens with one attached hydrogen (secondary N) is 1. The Morgan fingerprint density at radius 3 is 2.90 bits per heavy atom. The molecular weight excluding hydrogens is 395 g/mol. The Hall–Kier alpha value is -3.84. The van der Waals surface area contributed by atoms with Crippen molar-refractivity contribution in [1.29, 1.82) is 0 Å². The zero-order valence-corrected chi connectivity index (χ0v) is 16.1. The Balaban J connectivity index is 1.80. The van der Waals surface area contributed by atoms with Crippen LogP contribution in [0.25, 0.3) is 11.4 Å². The fourth-order valence-electron chi connectivity index (χ4n) is 3.19. The highest BCUT2D eigenvalue weighted by Crippen LogP contribution is 2.34. The number of hydrogen-bond donors (Lipinski definition) is 3. The number of rotatable bonds is 2. The first kappa shape index (κ1) is 19.5. The number of benzene rings is 1. The Morgan fingerprint density at radius 1 is 1.47 bits per heavy atom. The summed E-state index contributed by atoms with van der Waals surface area (Å²) in [6.45, 7) is 3.48. The third kappa shape index (κ3) is 3.25. The van der Waals surface area contributed by atoms with E-state index in [-0.39, 0.29) is 34.9 Å². The molecule has 0 saturated heterocycles. The molecule has 3 aromatic rings. The Morgan fingerprint density at radius 2 is 2.23 bits per heavy atom. The maximum atomic E-state index is 14.6. The molecule has 0 fully saturated rings. The van der Waals surface area contributed by atoms with Gasteiger partial charge < -0.3 is 24.7 Å². The Kier molecular flexibility index (Phi) is 4.47. The second kappa shape index (κ2) is 6.89. The van der Waals surface area contributed by atoms with E-state index in [1.807, 2.05) is 0 Å². The van der Waals surface area contributed by atoms with Crippen LogP contribution in [0.1, 0.15) is 34.2 Å². The van der Waals surface area contributed by atoms with Crippen LogP contribution < -0.4 is 16.1 Å². The molecule has 2 aromatic heterocycles. The van der Waals surface area contributed by atoms with Crippen molar-refractivity contribution in [3.8, 4) is 29.0 Å². The third-order valence-electron chi connectivity index (χ3n) is 4.78. The standard InChI is InChI=1S/C20H17FN4O5/c1-10-16(24-30-19(10)27)20(2,28)4-3-11-7-12-15(8-13(11)21)29-6-5-25-9-14(17(22)26)23-18(12)25/h7-9,24,28H,5-6H2,1-2H3,(H2,22,26). The molecule has 154 valence electrons. The molecule has 1 unspecified atom stereocenters. The highest BCUT2D eigenvalue weighted by molar-refractivity contribution is 5.91. The van der Waals surface area contributed by atoms with Crippen LogP contribution in [0.3, 0.4) is 0 Å². The topological polar surface area (TPSA) is 136 Å². The summed E-state index contributed by atoms with van der Waals surface area (Å²) in [6.07, 6.45) is 1.51. The molecule has 30 heavy (non-hydrogen) atoms. The van der Waals surface area contributed by atoms with Crippen molar-refractivity contribution in [1.82, 2.24) is 14.7 Å². The first-order chi connectivity index (χ1) is 14.2. The van der Waals surface area contributed by atoms with Gasteiger partial charge in [-0.05, 0) is 19.9 Å². The number of primary amides is 1. The van der Waals surface area contributed by atoms with E-state index in [0.29, 0.717) is 17.9 Å². The van der Waals surface area contributed by atoms with Crippen LogP contribution in [0.4, 0.5) is 4.39 Å². The zero-order chi connectivity index (χ0) is 21.6. The van der Waals surface area contributed by atoms with Crippen molar-refractivity contribution in [3.05, 3.63) is 57.1 Å². The molecule has 4 N–H and O–H groups in total. The minimum Gasteiger partial charge on any atom is -0.491 e. The lowest BCUT2D eigenvalue weighted by molar-refractivity contribution is 0.0995. The molecule has 0 spiro atoms. The van der Waals surface area contributed by atoms with Gasteiger partial charge in [-0.25, -0.2) is 19.3 Å². The fourth-order valence-corrected chi connectivity index (χ4v) is 3.19. The van der Waals surface area contributed by atoms with Crippen molar-refractivity contribution in [3.63, 3.8) is 0 Å². The van der Waals surface area contributed by atoms with Crippen molar-refractivity contribution in [2.45, 2.75) is 26.0 Å². The molecule has 0 saturated carbocycles. The number of aromatic amines is 1. The minimum absolute atomic E-state index is 0.0294. The Labute approximate surface area is 169 Å². The summed E-state index contributed by atoms with van der Waals surface area (Å²) in [5.74, 6) is 4.44. The lowest BCUT2D eigenvalue weighted by atomic mass is 9.99. The number of ether oxygens (including phenoxy) is 1. The zero-order valence-electron chi connectivity index (χ0n) is 16.1. The number of H-pyrrole nitrogens is 1. The lowest BCUT2D eigenvalue weighted by Gasteiger charge is -2.14. The van der Waals surface area contributed by atoms with Crippen LogP contribution in [-0.4, -0.2) is 32.3 Å². The molecule has 10 heteroatoms. The average Bonchev–Trinajstić information content (AvgIpc) is 3.21. The number of nitrogens with zero attached hydrogens (tertiary/aromatic N) is 2. The average molecular weight is 412 g/mol. The second-order valence-corrected chi connectivity index (χ2v) is 7.00. The highest BCUT2D eigenvalue weighted by atomic mass is 19.1. The molecule has 0 aliphatic carbocycles. The maximum absolute atomic E-state index is 14.6. The molecule has 1 aliphatic rings. The molecule has 9 nitrogen and oxygen atoms in total. The maximum Gasteiger partial charge on any atom is 0.360 e. The summed E-state index contributed by atoms with van der Waals surface area (Å²) in [7, 11) is 0. The summed E-state index contributed by atoms with van der Waals surface area (Å²) in [5, 5.41) is 13.0.